The summed E-state index contributed by atoms with van der Waals surface area (Å²) in [5.74, 6) is 0. The molecule has 0 aliphatic rings. The lowest BCUT2D eigenvalue weighted by atomic mass is 10.1. The molecule has 0 atom stereocenters. The zero-order valence-corrected chi connectivity index (χ0v) is 11.6. The Bertz CT molecular complexity index is 760. The molecule has 0 radical (unpaired) electrons. The van der Waals surface area contributed by atoms with Gasteiger partial charge in [-0.25, -0.2) is 0 Å². The molecule has 5 heteroatoms. The quantitative estimate of drug-likeness (QED) is 0.721. The normalized spacial score (nSPS) is 10.9. The number of H-pyrrole nitrogens is 1. The first-order chi connectivity index (χ1) is 8.74. The van der Waals surface area contributed by atoms with Crippen LogP contribution >= 0.6 is 22.6 Å². The number of rotatable bonds is 2. The molecule has 3 rings (SSSR count). The largest absolute Gasteiger partial charge is 0.328 e. The number of benzene rings is 1. The van der Waals surface area contributed by atoms with Crippen molar-refractivity contribution in [1.29, 1.82) is 0 Å². The summed E-state index contributed by atoms with van der Waals surface area (Å²) >= 11 is 2.23. The van der Waals surface area contributed by atoms with E-state index < -0.39 is 0 Å². The van der Waals surface area contributed by atoms with E-state index in [9.17, 15) is 4.79 Å². The van der Waals surface area contributed by atoms with Gasteiger partial charge in [-0.15, -0.1) is 0 Å². The number of hydrogen-bond acceptors (Lipinski definition) is 2. The maximum atomic E-state index is 11.7. The first kappa shape index (κ1) is 11.5. The smallest absolute Gasteiger partial charge is 0.255 e. The first-order valence-electron chi connectivity index (χ1n) is 5.51. The fraction of sp³-hybridized carbons (Fsp3) is 0.0769. The number of fused-ring (bicyclic) bond motifs is 1. The van der Waals surface area contributed by atoms with Crippen LogP contribution in [0.25, 0.3) is 10.8 Å². The van der Waals surface area contributed by atoms with Crippen molar-refractivity contribution < 1.29 is 0 Å². The van der Waals surface area contributed by atoms with Crippen LogP contribution in [0.1, 0.15) is 5.56 Å². The topological polar surface area (TPSA) is 50.7 Å². The molecule has 0 aliphatic heterocycles. The summed E-state index contributed by atoms with van der Waals surface area (Å²) in [4.78, 5) is 14.5. The maximum Gasteiger partial charge on any atom is 0.255 e. The van der Waals surface area contributed by atoms with Gasteiger partial charge in [0.05, 0.1) is 16.3 Å². The van der Waals surface area contributed by atoms with Crippen molar-refractivity contribution in [2.75, 3.05) is 0 Å². The van der Waals surface area contributed by atoms with Gasteiger partial charge in [0.15, 0.2) is 0 Å². The number of aromatic amines is 1. The second-order valence-corrected chi connectivity index (χ2v) is 5.29. The summed E-state index contributed by atoms with van der Waals surface area (Å²) in [7, 11) is 0. The highest BCUT2D eigenvalue weighted by Gasteiger charge is 2.05. The van der Waals surface area contributed by atoms with Gasteiger partial charge >= 0.3 is 0 Å². The molecule has 18 heavy (non-hydrogen) atoms. The number of nitrogens with one attached hydrogen (secondary N) is 1. The fourth-order valence-electron chi connectivity index (χ4n) is 2.00. The first-order valence-corrected chi connectivity index (χ1v) is 6.59. The number of nitrogens with zero attached hydrogens (tertiary/aromatic N) is 2. The van der Waals surface area contributed by atoms with E-state index in [1.807, 2.05) is 41.3 Å². The molecular weight excluding hydrogens is 341 g/mol. The molecule has 2 aromatic heterocycles. The van der Waals surface area contributed by atoms with Crippen LogP contribution in [0.15, 0.2) is 47.7 Å². The van der Waals surface area contributed by atoms with Gasteiger partial charge in [-0.05, 0) is 39.6 Å². The standard InChI is InChI=1S/C13H10IN3O/c14-10-6-16-17(8-10)7-9-5-15-13(18)12-4-2-1-3-11(9)12/h1-6,8H,7H2,(H,15,18). The zero-order valence-electron chi connectivity index (χ0n) is 9.43. The van der Waals surface area contributed by atoms with Crippen LogP contribution in [-0.2, 0) is 6.54 Å². The van der Waals surface area contributed by atoms with Crippen LogP contribution < -0.4 is 5.56 Å². The molecule has 1 aromatic carbocycles. The van der Waals surface area contributed by atoms with Crippen molar-refractivity contribution in [2.24, 2.45) is 0 Å². The number of hydrogen-bond donors (Lipinski definition) is 1. The van der Waals surface area contributed by atoms with Gasteiger partial charge in [-0.1, -0.05) is 18.2 Å². The number of pyridine rings is 1. The summed E-state index contributed by atoms with van der Waals surface area (Å²) in [6.07, 6.45) is 5.55. The summed E-state index contributed by atoms with van der Waals surface area (Å²) < 4.78 is 2.96. The van der Waals surface area contributed by atoms with E-state index in [4.69, 9.17) is 0 Å². The Kier molecular flexibility index (Phi) is 2.91. The Morgan fingerprint density at radius 2 is 2.06 bits per heavy atom. The van der Waals surface area contributed by atoms with Crippen LogP contribution in [0.2, 0.25) is 0 Å². The lowest BCUT2D eigenvalue weighted by Crippen LogP contribution is -2.09. The van der Waals surface area contributed by atoms with Gasteiger partial charge in [-0.2, -0.15) is 5.10 Å². The summed E-state index contributed by atoms with van der Waals surface area (Å²) in [6.45, 7) is 0.653. The predicted octanol–water partition coefficient (Wildman–Crippen LogP) is 2.38. The lowest BCUT2D eigenvalue weighted by Gasteiger charge is -2.05. The zero-order chi connectivity index (χ0) is 12.5. The lowest BCUT2D eigenvalue weighted by molar-refractivity contribution is 0.688. The Balaban J connectivity index is 2.12. The molecule has 0 fully saturated rings. The summed E-state index contributed by atoms with van der Waals surface area (Å²) in [6, 6.07) is 7.62. The molecular formula is C13H10IN3O. The van der Waals surface area contributed by atoms with Crippen molar-refractivity contribution in [3.63, 3.8) is 0 Å². The van der Waals surface area contributed by atoms with Crippen LogP contribution in [0.3, 0.4) is 0 Å². The van der Waals surface area contributed by atoms with E-state index in [1.165, 1.54) is 0 Å². The maximum absolute atomic E-state index is 11.7. The summed E-state index contributed by atoms with van der Waals surface area (Å²) in [5, 5.41) is 5.96. The van der Waals surface area contributed by atoms with Crippen molar-refractivity contribution in [3.05, 3.63) is 62.3 Å². The Hall–Kier alpha value is -1.63. The molecule has 0 unspecified atom stereocenters. The Labute approximate surface area is 117 Å². The highest BCUT2D eigenvalue weighted by Crippen LogP contribution is 2.15. The Morgan fingerprint density at radius 3 is 2.78 bits per heavy atom. The molecule has 0 spiro atoms. The van der Waals surface area contributed by atoms with E-state index in [0.717, 1.165) is 19.9 Å². The molecule has 0 aliphatic carbocycles. The minimum Gasteiger partial charge on any atom is -0.328 e. The van der Waals surface area contributed by atoms with Gasteiger partial charge < -0.3 is 4.98 Å². The van der Waals surface area contributed by atoms with Crippen molar-refractivity contribution in [1.82, 2.24) is 14.8 Å². The van der Waals surface area contributed by atoms with Crippen LogP contribution in [0.4, 0.5) is 0 Å². The van der Waals surface area contributed by atoms with Crippen LogP contribution in [-0.4, -0.2) is 14.8 Å². The third-order valence-corrected chi connectivity index (χ3v) is 3.39. The van der Waals surface area contributed by atoms with Crippen molar-refractivity contribution >= 4 is 33.4 Å². The average molecular weight is 351 g/mol. The second-order valence-electron chi connectivity index (χ2n) is 4.04. The molecule has 0 saturated heterocycles. The third kappa shape index (κ3) is 2.05. The number of aromatic nitrogens is 3. The molecule has 90 valence electrons. The second kappa shape index (κ2) is 4.56. The average Bonchev–Trinajstić information content (AvgIpc) is 2.79. The highest BCUT2D eigenvalue weighted by molar-refractivity contribution is 14.1. The van der Waals surface area contributed by atoms with E-state index >= 15 is 0 Å². The number of halogens is 1. The van der Waals surface area contributed by atoms with E-state index in [0.29, 0.717) is 6.54 Å². The molecule has 0 saturated carbocycles. The molecule has 1 N–H and O–H groups in total. The molecule has 3 aromatic rings. The molecule has 4 nitrogen and oxygen atoms in total. The molecule has 0 amide bonds. The minimum absolute atomic E-state index is 0.0515. The Morgan fingerprint density at radius 1 is 1.28 bits per heavy atom. The van der Waals surface area contributed by atoms with Crippen LogP contribution in [0, 0.1) is 3.57 Å². The van der Waals surface area contributed by atoms with Gasteiger partial charge in [-0.3, -0.25) is 9.48 Å². The highest BCUT2D eigenvalue weighted by atomic mass is 127. The van der Waals surface area contributed by atoms with E-state index in [-0.39, 0.29) is 5.56 Å². The van der Waals surface area contributed by atoms with Gasteiger partial charge in [0.2, 0.25) is 0 Å². The SMILES string of the molecule is O=c1[nH]cc(Cn2cc(I)cn2)c2ccccc12. The summed E-state index contributed by atoms with van der Waals surface area (Å²) in [5.41, 5.74) is 1.01. The van der Waals surface area contributed by atoms with E-state index in [1.54, 1.807) is 6.20 Å². The molecule has 2 heterocycles. The van der Waals surface area contributed by atoms with Crippen molar-refractivity contribution in [2.45, 2.75) is 6.54 Å². The third-order valence-electron chi connectivity index (χ3n) is 2.83. The van der Waals surface area contributed by atoms with Gasteiger partial charge in [0, 0.05) is 17.8 Å². The van der Waals surface area contributed by atoms with E-state index in [2.05, 4.69) is 32.7 Å². The predicted molar refractivity (Wildman–Crippen MR) is 78.6 cm³/mol. The van der Waals surface area contributed by atoms with Crippen molar-refractivity contribution in [3.8, 4) is 0 Å². The molecule has 0 bridgehead atoms. The minimum atomic E-state index is -0.0515. The fourth-order valence-corrected chi connectivity index (χ4v) is 2.45. The van der Waals surface area contributed by atoms with Crippen LogP contribution in [0.5, 0.6) is 0 Å². The van der Waals surface area contributed by atoms with Gasteiger partial charge in [0.1, 0.15) is 0 Å². The van der Waals surface area contributed by atoms with Gasteiger partial charge in [0.25, 0.3) is 5.56 Å². The monoisotopic (exact) mass is 351 g/mol.